The second-order valence-electron chi connectivity index (χ2n) is 5.29. The Bertz CT molecular complexity index is 679. The summed E-state index contributed by atoms with van der Waals surface area (Å²) >= 11 is 0. The Morgan fingerprint density at radius 1 is 1.22 bits per heavy atom. The van der Waals surface area contributed by atoms with Gasteiger partial charge in [-0.2, -0.15) is 5.10 Å². The third-order valence-corrected chi connectivity index (χ3v) is 3.65. The van der Waals surface area contributed by atoms with Crippen molar-refractivity contribution in [1.29, 1.82) is 0 Å². The SMILES string of the molecule is C/C(=N\Nc1cc(N2CCOCC2)ncn1)c1ccc(N)cc1. The standard InChI is InChI=1S/C16H20N6O/c1-12(13-2-4-14(17)5-3-13)20-21-15-10-16(19-11-18-15)22-6-8-23-9-7-22/h2-5,10-11H,6-9,17H2,1H3,(H,18,19,21)/b20-12+. The number of ether oxygens (including phenoxy) is 1. The lowest BCUT2D eigenvalue weighted by Gasteiger charge is -2.27. The van der Waals surface area contributed by atoms with Gasteiger partial charge < -0.3 is 15.4 Å². The summed E-state index contributed by atoms with van der Waals surface area (Å²) in [5.74, 6) is 1.54. The summed E-state index contributed by atoms with van der Waals surface area (Å²) < 4.78 is 5.36. The van der Waals surface area contributed by atoms with Crippen molar-refractivity contribution in [2.75, 3.05) is 42.4 Å². The zero-order valence-corrected chi connectivity index (χ0v) is 13.1. The van der Waals surface area contributed by atoms with Crippen molar-refractivity contribution in [3.63, 3.8) is 0 Å². The van der Waals surface area contributed by atoms with Gasteiger partial charge in [0, 0.05) is 24.8 Å². The van der Waals surface area contributed by atoms with Gasteiger partial charge in [0.05, 0.1) is 18.9 Å². The van der Waals surface area contributed by atoms with Gasteiger partial charge in [0.15, 0.2) is 5.82 Å². The Balaban J connectivity index is 1.70. The van der Waals surface area contributed by atoms with Gasteiger partial charge in [-0.1, -0.05) is 12.1 Å². The van der Waals surface area contributed by atoms with Gasteiger partial charge in [-0.3, -0.25) is 5.43 Å². The number of hydrogen-bond acceptors (Lipinski definition) is 7. The summed E-state index contributed by atoms with van der Waals surface area (Å²) in [6.07, 6.45) is 1.54. The molecule has 0 unspecified atom stereocenters. The van der Waals surface area contributed by atoms with E-state index in [0.717, 1.165) is 49.1 Å². The van der Waals surface area contributed by atoms with Gasteiger partial charge in [-0.05, 0) is 24.6 Å². The Morgan fingerprint density at radius 3 is 2.70 bits per heavy atom. The first-order chi connectivity index (χ1) is 11.2. The van der Waals surface area contributed by atoms with Crippen LogP contribution >= 0.6 is 0 Å². The third-order valence-electron chi connectivity index (χ3n) is 3.65. The molecule has 0 atom stereocenters. The van der Waals surface area contributed by atoms with Crippen LogP contribution in [-0.2, 0) is 4.74 Å². The first kappa shape index (κ1) is 15.2. The van der Waals surface area contributed by atoms with Gasteiger partial charge in [0.2, 0.25) is 0 Å². The molecule has 2 heterocycles. The maximum absolute atomic E-state index is 5.69. The molecule has 1 saturated heterocycles. The van der Waals surface area contributed by atoms with E-state index in [-0.39, 0.29) is 0 Å². The molecule has 3 N–H and O–H groups in total. The second kappa shape index (κ2) is 7.06. The van der Waals surface area contributed by atoms with Crippen molar-refractivity contribution < 1.29 is 4.74 Å². The molecule has 7 nitrogen and oxygen atoms in total. The summed E-state index contributed by atoms with van der Waals surface area (Å²) in [6, 6.07) is 9.49. The molecule has 0 aliphatic carbocycles. The lowest BCUT2D eigenvalue weighted by molar-refractivity contribution is 0.122. The number of aromatic nitrogens is 2. The highest BCUT2D eigenvalue weighted by Gasteiger charge is 2.12. The Hall–Kier alpha value is -2.67. The molecular formula is C16H20N6O. The summed E-state index contributed by atoms with van der Waals surface area (Å²) in [7, 11) is 0. The summed E-state index contributed by atoms with van der Waals surface area (Å²) in [5, 5.41) is 4.37. The first-order valence-electron chi connectivity index (χ1n) is 7.53. The van der Waals surface area contributed by atoms with Crippen LogP contribution in [0.3, 0.4) is 0 Å². The molecule has 0 amide bonds. The van der Waals surface area contributed by atoms with Crippen LogP contribution in [0.2, 0.25) is 0 Å². The number of nitrogens with zero attached hydrogens (tertiary/aromatic N) is 4. The molecule has 1 aromatic carbocycles. The topological polar surface area (TPSA) is 88.7 Å². The smallest absolute Gasteiger partial charge is 0.151 e. The van der Waals surface area contributed by atoms with E-state index in [9.17, 15) is 0 Å². The van der Waals surface area contributed by atoms with E-state index in [1.165, 1.54) is 0 Å². The van der Waals surface area contributed by atoms with Crippen LogP contribution in [0.5, 0.6) is 0 Å². The average molecular weight is 312 g/mol. The zero-order chi connectivity index (χ0) is 16.1. The highest BCUT2D eigenvalue weighted by Crippen LogP contribution is 2.15. The molecule has 1 fully saturated rings. The lowest BCUT2D eigenvalue weighted by atomic mass is 10.1. The molecule has 7 heteroatoms. The van der Waals surface area contributed by atoms with Gasteiger partial charge in [-0.15, -0.1) is 0 Å². The Kier molecular flexibility index (Phi) is 4.68. The van der Waals surface area contributed by atoms with Crippen LogP contribution in [0, 0.1) is 0 Å². The molecule has 1 aliphatic heterocycles. The zero-order valence-electron chi connectivity index (χ0n) is 13.1. The number of nitrogen functional groups attached to an aromatic ring is 1. The lowest BCUT2D eigenvalue weighted by Crippen LogP contribution is -2.36. The van der Waals surface area contributed by atoms with Gasteiger partial charge in [-0.25, -0.2) is 9.97 Å². The minimum atomic E-state index is 0.663. The van der Waals surface area contributed by atoms with E-state index in [1.807, 2.05) is 37.3 Å². The fourth-order valence-corrected chi connectivity index (χ4v) is 2.30. The van der Waals surface area contributed by atoms with E-state index in [0.29, 0.717) is 5.82 Å². The maximum atomic E-state index is 5.69. The van der Waals surface area contributed by atoms with Crippen LogP contribution in [0.1, 0.15) is 12.5 Å². The fraction of sp³-hybridized carbons (Fsp3) is 0.312. The van der Waals surface area contributed by atoms with Crippen molar-refractivity contribution in [3.05, 3.63) is 42.2 Å². The summed E-state index contributed by atoms with van der Waals surface area (Å²) in [4.78, 5) is 10.7. The highest BCUT2D eigenvalue weighted by molar-refractivity contribution is 5.99. The number of anilines is 3. The van der Waals surface area contributed by atoms with E-state index in [4.69, 9.17) is 10.5 Å². The van der Waals surface area contributed by atoms with Gasteiger partial charge in [0.1, 0.15) is 12.1 Å². The molecule has 0 radical (unpaired) electrons. The van der Waals surface area contributed by atoms with Crippen LogP contribution in [0.4, 0.5) is 17.3 Å². The predicted octanol–water partition coefficient (Wildman–Crippen LogP) is 1.73. The van der Waals surface area contributed by atoms with E-state index < -0.39 is 0 Å². The molecule has 3 rings (SSSR count). The second-order valence-corrected chi connectivity index (χ2v) is 5.29. The largest absolute Gasteiger partial charge is 0.399 e. The van der Waals surface area contributed by atoms with E-state index in [2.05, 4.69) is 25.4 Å². The number of benzene rings is 1. The third kappa shape index (κ3) is 3.95. The molecule has 0 saturated carbocycles. The van der Waals surface area contributed by atoms with Crippen LogP contribution in [0.15, 0.2) is 41.8 Å². The van der Waals surface area contributed by atoms with Crippen molar-refractivity contribution in [3.8, 4) is 0 Å². The van der Waals surface area contributed by atoms with E-state index >= 15 is 0 Å². The van der Waals surface area contributed by atoms with Crippen LogP contribution < -0.4 is 16.1 Å². The number of morpholine rings is 1. The van der Waals surface area contributed by atoms with Crippen molar-refractivity contribution >= 4 is 23.0 Å². The van der Waals surface area contributed by atoms with Crippen LogP contribution in [0.25, 0.3) is 0 Å². The number of hydrazone groups is 1. The summed E-state index contributed by atoms with van der Waals surface area (Å²) in [6.45, 7) is 5.05. The van der Waals surface area contributed by atoms with E-state index in [1.54, 1.807) is 6.33 Å². The molecule has 1 aromatic heterocycles. The van der Waals surface area contributed by atoms with Gasteiger partial charge in [0.25, 0.3) is 0 Å². The van der Waals surface area contributed by atoms with Crippen molar-refractivity contribution in [1.82, 2.24) is 9.97 Å². The number of rotatable bonds is 4. The molecule has 2 aromatic rings. The minimum absolute atomic E-state index is 0.663. The minimum Gasteiger partial charge on any atom is -0.399 e. The Labute approximate surface area is 135 Å². The van der Waals surface area contributed by atoms with Crippen molar-refractivity contribution in [2.45, 2.75) is 6.92 Å². The molecule has 23 heavy (non-hydrogen) atoms. The monoisotopic (exact) mass is 312 g/mol. The molecule has 0 spiro atoms. The van der Waals surface area contributed by atoms with Gasteiger partial charge >= 0.3 is 0 Å². The number of hydrogen-bond donors (Lipinski definition) is 2. The molecule has 120 valence electrons. The summed E-state index contributed by atoms with van der Waals surface area (Å²) in [5.41, 5.74) is 11.3. The average Bonchev–Trinajstić information content (AvgIpc) is 2.61. The predicted molar refractivity (Wildman–Crippen MR) is 91.8 cm³/mol. The fourth-order valence-electron chi connectivity index (χ4n) is 2.30. The van der Waals surface area contributed by atoms with Crippen molar-refractivity contribution in [2.24, 2.45) is 5.10 Å². The molecule has 0 bridgehead atoms. The highest BCUT2D eigenvalue weighted by atomic mass is 16.5. The Morgan fingerprint density at radius 2 is 1.96 bits per heavy atom. The molecular weight excluding hydrogens is 292 g/mol. The normalized spacial score (nSPS) is 15.5. The molecule has 1 aliphatic rings. The quantitative estimate of drug-likeness (QED) is 0.508. The number of nitrogens with one attached hydrogen (secondary N) is 1. The number of nitrogens with two attached hydrogens (primary N) is 1. The maximum Gasteiger partial charge on any atom is 0.151 e. The van der Waals surface area contributed by atoms with Crippen LogP contribution in [-0.4, -0.2) is 42.0 Å². The first-order valence-corrected chi connectivity index (χ1v) is 7.53.